The lowest BCUT2D eigenvalue weighted by Crippen LogP contribution is -2.13. The maximum atomic E-state index is 12.8. The fourth-order valence-corrected chi connectivity index (χ4v) is 1.56. The van der Waals surface area contributed by atoms with Crippen molar-refractivity contribution in [3.8, 4) is 6.07 Å². The third-order valence-electron chi connectivity index (χ3n) is 2.34. The number of benzene rings is 1. The summed E-state index contributed by atoms with van der Waals surface area (Å²) in [5.41, 5.74) is -1.12. The van der Waals surface area contributed by atoms with Gasteiger partial charge in [-0.25, -0.2) is 13.6 Å². The quantitative estimate of drug-likeness (QED) is 0.837. The van der Waals surface area contributed by atoms with E-state index in [1.807, 2.05) is 0 Å². The zero-order chi connectivity index (χ0) is 13.7. The molecular formula is C12H11F2NO3. The van der Waals surface area contributed by atoms with Gasteiger partial charge in [-0.1, -0.05) is 6.07 Å². The van der Waals surface area contributed by atoms with Gasteiger partial charge in [0.05, 0.1) is 30.4 Å². The van der Waals surface area contributed by atoms with Crippen molar-refractivity contribution >= 4 is 5.97 Å². The van der Waals surface area contributed by atoms with Crippen LogP contribution in [-0.4, -0.2) is 17.7 Å². The van der Waals surface area contributed by atoms with Crippen molar-refractivity contribution in [2.24, 2.45) is 0 Å². The molecule has 1 aromatic rings. The lowest BCUT2D eigenvalue weighted by Gasteiger charge is -2.13. The molecule has 0 saturated carbocycles. The normalized spacial score (nSPS) is 10.2. The summed E-state index contributed by atoms with van der Waals surface area (Å²) < 4.78 is 30.3. The second-order valence-corrected chi connectivity index (χ2v) is 3.35. The Balaban J connectivity index is 3.49. The minimum atomic E-state index is -2.89. The molecule has 0 radical (unpaired) electrons. The van der Waals surface area contributed by atoms with E-state index in [0.29, 0.717) is 0 Å². The Morgan fingerprint density at radius 2 is 2.22 bits per heavy atom. The van der Waals surface area contributed by atoms with E-state index in [-0.39, 0.29) is 17.7 Å². The summed E-state index contributed by atoms with van der Waals surface area (Å²) in [5, 5.41) is 18.0. The van der Waals surface area contributed by atoms with Gasteiger partial charge in [0.1, 0.15) is 0 Å². The third-order valence-corrected chi connectivity index (χ3v) is 2.34. The summed E-state index contributed by atoms with van der Waals surface area (Å²) in [4.78, 5) is 11.6. The summed E-state index contributed by atoms with van der Waals surface area (Å²) in [6.45, 7) is 0.869. The maximum absolute atomic E-state index is 12.8. The molecular weight excluding hydrogens is 244 g/mol. The second kappa shape index (κ2) is 6.07. The van der Waals surface area contributed by atoms with Gasteiger partial charge in [-0.3, -0.25) is 0 Å². The highest BCUT2D eigenvalue weighted by Crippen LogP contribution is 2.28. The summed E-state index contributed by atoms with van der Waals surface area (Å²) in [6, 6.07) is 3.88. The van der Waals surface area contributed by atoms with Crippen LogP contribution in [0.15, 0.2) is 12.1 Å². The molecule has 0 heterocycles. The number of alkyl halides is 2. The van der Waals surface area contributed by atoms with Crippen LogP contribution in [0.1, 0.15) is 40.4 Å². The first-order valence-corrected chi connectivity index (χ1v) is 5.18. The van der Waals surface area contributed by atoms with Crippen LogP contribution in [0.2, 0.25) is 0 Å². The van der Waals surface area contributed by atoms with Crippen LogP contribution >= 0.6 is 0 Å². The van der Waals surface area contributed by atoms with Crippen LogP contribution < -0.4 is 0 Å². The summed E-state index contributed by atoms with van der Waals surface area (Å²) >= 11 is 0. The van der Waals surface area contributed by atoms with Gasteiger partial charge >= 0.3 is 5.97 Å². The largest absolute Gasteiger partial charge is 0.462 e. The van der Waals surface area contributed by atoms with Crippen molar-refractivity contribution in [1.29, 1.82) is 5.26 Å². The van der Waals surface area contributed by atoms with E-state index >= 15 is 0 Å². The van der Waals surface area contributed by atoms with Crippen molar-refractivity contribution in [2.75, 3.05) is 6.61 Å². The molecule has 0 aliphatic heterocycles. The highest BCUT2D eigenvalue weighted by atomic mass is 19.3. The van der Waals surface area contributed by atoms with Crippen LogP contribution in [0.25, 0.3) is 0 Å². The van der Waals surface area contributed by atoms with Crippen LogP contribution in [0.4, 0.5) is 8.78 Å². The molecule has 0 spiro atoms. The van der Waals surface area contributed by atoms with Gasteiger partial charge in [0.15, 0.2) is 0 Å². The Morgan fingerprint density at radius 3 is 2.67 bits per heavy atom. The van der Waals surface area contributed by atoms with Gasteiger partial charge in [-0.05, 0) is 13.0 Å². The number of carbonyl (C=O) groups excluding carboxylic acids is 1. The Bertz CT molecular complexity index is 495. The number of aliphatic hydroxyl groups is 1. The molecule has 4 nitrogen and oxygen atoms in total. The van der Waals surface area contributed by atoms with Crippen molar-refractivity contribution in [3.63, 3.8) is 0 Å². The minimum absolute atomic E-state index is 0.0170. The monoisotopic (exact) mass is 255 g/mol. The fourth-order valence-electron chi connectivity index (χ4n) is 1.56. The average molecular weight is 255 g/mol. The number of carbonyl (C=O) groups is 1. The molecule has 0 fully saturated rings. The number of aliphatic hydroxyl groups excluding tert-OH is 1. The number of nitriles is 1. The maximum Gasteiger partial charge on any atom is 0.339 e. The van der Waals surface area contributed by atoms with Crippen molar-refractivity contribution in [3.05, 3.63) is 34.4 Å². The predicted molar refractivity (Wildman–Crippen MR) is 58.0 cm³/mol. The van der Waals surface area contributed by atoms with Crippen molar-refractivity contribution in [1.82, 2.24) is 0 Å². The molecule has 0 saturated heterocycles. The SMILES string of the molecule is CCOC(=O)c1c(C(F)F)ccc(C#N)c1CO. The van der Waals surface area contributed by atoms with Crippen molar-refractivity contribution < 1.29 is 23.4 Å². The first-order chi connectivity index (χ1) is 8.56. The minimum Gasteiger partial charge on any atom is -0.462 e. The van der Waals surface area contributed by atoms with Gasteiger partial charge in [0.2, 0.25) is 0 Å². The number of ether oxygens (including phenoxy) is 1. The van der Waals surface area contributed by atoms with E-state index in [1.165, 1.54) is 6.92 Å². The Kier molecular flexibility index (Phi) is 4.75. The smallest absolute Gasteiger partial charge is 0.339 e. The Labute approximate surface area is 102 Å². The highest BCUT2D eigenvalue weighted by Gasteiger charge is 2.24. The fraction of sp³-hybridized carbons (Fsp3) is 0.333. The second-order valence-electron chi connectivity index (χ2n) is 3.35. The molecule has 6 heteroatoms. The van der Waals surface area contributed by atoms with Crippen LogP contribution in [0, 0.1) is 11.3 Å². The molecule has 1 aromatic carbocycles. The van der Waals surface area contributed by atoms with E-state index in [0.717, 1.165) is 12.1 Å². The summed E-state index contributed by atoms with van der Waals surface area (Å²) in [6.07, 6.45) is -2.89. The van der Waals surface area contributed by atoms with E-state index in [2.05, 4.69) is 4.74 Å². The standard InChI is InChI=1S/C12H11F2NO3/c1-2-18-12(17)10-8(11(13)14)4-3-7(5-15)9(10)6-16/h3-4,11,16H,2,6H2,1H3. The number of halogens is 2. The molecule has 0 aromatic heterocycles. The number of hydrogen-bond acceptors (Lipinski definition) is 4. The topological polar surface area (TPSA) is 70.3 Å². The number of nitrogens with zero attached hydrogens (tertiary/aromatic N) is 1. The molecule has 0 amide bonds. The molecule has 18 heavy (non-hydrogen) atoms. The van der Waals surface area contributed by atoms with Gasteiger partial charge < -0.3 is 9.84 Å². The summed E-state index contributed by atoms with van der Waals surface area (Å²) in [5.74, 6) is -0.964. The molecule has 0 unspecified atom stereocenters. The zero-order valence-corrected chi connectivity index (χ0v) is 9.61. The molecule has 0 atom stereocenters. The van der Waals surface area contributed by atoms with E-state index in [1.54, 1.807) is 6.07 Å². The first kappa shape index (κ1) is 14.1. The zero-order valence-electron chi connectivity index (χ0n) is 9.61. The third kappa shape index (κ3) is 2.63. The number of rotatable bonds is 4. The van der Waals surface area contributed by atoms with Crippen LogP contribution in [0.3, 0.4) is 0 Å². The van der Waals surface area contributed by atoms with Crippen LogP contribution in [-0.2, 0) is 11.3 Å². The lowest BCUT2D eigenvalue weighted by molar-refractivity contribution is 0.0511. The Morgan fingerprint density at radius 1 is 1.56 bits per heavy atom. The first-order valence-electron chi connectivity index (χ1n) is 5.18. The molecule has 0 aliphatic carbocycles. The van der Waals surface area contributed by atoms with Gasteiger partial charge in [0, 0.05) is 11.1 Å². The molecule has 1 N–H and O–H groups in total. The number of esters is 1. The van der Waals surface area contributed by atoms with Gasteiger partial charge in [0.25, 0.3) is 6.43 Å². The molecule has 96 valence electrons. The van der Waals surface area contributed by atoms with E-state index < -0.39 is 30.1 Å². The van der Waals surface area contributed by atoms with Crippen LogP contribution in [0.5, 0.6) is 0 Å². The predicted octanol–water partition coefficient (Wildman–Crippen LogP) is 2.16. The van der Waals surface area contributed by atoms with Gasteiger partial charge in [-0.15, -0.1) is 0 Å². The van der Waals surface area contributed by atoms with Crippen molar-refractivity contribution in [2.45, 2.75) is 20.0 Å². The van der Waals surface area contributed by atoms with E-state index in [9.17, 15) is 13.6 Å². The molecule has 0 aliphatic rings. The number of hydrogen-bond donors (Lipinski definition) is 1. The molecule has 1 rings (SSSR count). The lowest BCUT2D eigenvalue weighted by atomic mass is 9.97. The van der Waals surface area contributed by atoms with Gasteiger partial charge in [-0.2, -0.15) is 5.26 Å². The molecule has 0 bridgehead atoms. The average Bonchev–Trinajstić information content (AvgIpc) is 2.36. The Hall–Kier alpha value is -2.00. The summed E-state index contributed by atoms with van der Waals surface area (Å²) in [7, 11) is 0. The highest BCUT2D eigenvalue weighted by molar-refractivity contribution is 5.93. The van der Waals surface area contributed by atoms with E-state index in [4.69, 9.17) is 10.4 Å².